The second-order valence-electron chi connectivity index (χ2n) is 5.05. The van der Waals surface area contributed by atoms with Crippen molar-refractivity contribution in [2.24, 2.45) is 5.92 Å². The smallest absolute Gasteiger partial charge is 0.0583 e. The standard InChI is InChI=1S/C14H23N3/c1-4-11(2)13-10-17(8-7-16-13)14-9-15-6-5-12(14)3/h5-6,9,11,13,16H,4,7-8,10H2,1-3H3. The molecule has 2 atom stereocenters. The Hall–Kier alpha value is -1.09. The molecule has 1 aromatic rings. The first-order valence-corrected chi connectivity index (χ1v) is 6.61. The Morgan fingerprint density at radius 3 is 3.12 bits per heavy atom. The average Bonchev–Trinajstić information content (AvgIpc) is 2.38. The molecule has 0 radical (unpaired) electrons. The topological polar surface area (TPSA) is 28.2 Å². The number of rotatable bonds is 3. The first kappa shape index (κ1) is 12.4. The third kappa shape index (κ3) is 2.78. The van der Waals surface area contributed by atoms with E-state index >= 15 is 0 Å². The quantitative estimate of drug-likeness (QED) is 0.867. The van der Waals surface area contributed by atoms with Crippen molar-refractivity contribution in [3.8, 4) is 0 Å². The molecule has 1 saturated heterocycles. The van der Waals surface area contributed by atoms with Gasteiger partial charge in [0.2, 0.25) is 0 Å². The molecule has 1 N–H and O–H groups in total. The van der Waals surface area contributed by atoms with Crippen molar-refractivity contribution in [2.45, 2.75) is 33.2 Å². The Morgan fingerprint density at radius 1 is 1.59 bits per heavy atom. The molecule has 0 aromatic carbocycles. The minimum Gasteiger partial charge on any atom is -0.367 e. The van der Waals surface area contributed by atoms with Crippen LogP contribution < -0.4 is 10.2 Å². The van der Waals surface area contributed by atoms with E-state index in [1.165, 1.54) is 17.7 Å². The van der Waals surface area contributed by atoms with Crippen molar-refractivity contribution in [1.29, 1.82) is 0 Å². The zero-order chi connectivity index (χ0) is 12.3. The maximum atomic E-state index is 4.25. The second kappa shape index (κ2) is 5.50. The first-order valence-electron chi connectivity index (χ1n) is 6.61. The molecule has 1 aliphatic rings. The molecule has 0 spiro atoms. The van der Waals surface area contributed by atoms with Gasteiger partial charge in [-0.05, 0) is 24.5 Å². The van der Waals surface area contributed by atoms with Crippen molar-refractivity contribution >= 4 is 5.69 Å². The zero-order valence-corrected chi connectivity index (χ0v) is 11.1. The Kier molecular flexibility index (Phi) is 4.00. The molecule has 0 saturated carbocycles. The number of hydrogen-bond acceptors (Lipinski definition) is 3. The van der Waals surface area contributed by atoms with E-state index in [0.717, 1.165) is 25.6 Å². The molecule has 94 valence electrons. The van der Waals surface area contributed by atoms with Crippen LogP contribution in [0.25, 0.3) is 0 Å². The number of nitrogens with one attached hydrogen (secondary N) is 1. The third-order valence-electron chi connectivity index (χ3n) is 3.89. The fourth-order valence-corrected chi connectivity index (χ4v) is 2.45. The summed E-state index contributed by atoms with van der Waals surface area (Å²) < 4.78 is 0. The molecular formula is C14H23N3. The van der Waals surface area contributed by atoms with Gasteiger partial charge in [-0.3, -0.25) is 4.98 Å². The summed E-state index contributed by atoms with van der Waals surface area (Å²) in [5.74, 6) is 0.731. The number of aryl methyl sites for hydroxylation is 1. The lowest BCUT2D eigenvalue weighted by molar-refractivity contribution is 0.341. The van der Waals surface area contributed by atoms with Crippen LogP contribution in [-0.2, 0) is 0 Å². The number of aromatic nitrogens is 1. The van der Waals surface area contributed by atoms with Gasteiger partial charge in [-0.2, -0.15) is 0 Å². The van der Waals surface area contributed by atoms with E-state index in [-0.39, 0.29) is 0 Å². The van der Waals surface area contributed by atoms with Gasteiger partial charge < -0.3 is 10.2 Å². The van der Waals surface area contributed by atoms with E-state index in [2.05, 4.69) is 42.0 Å². The third-order valence-corrected chi connectivity index (χ3v) is 3.89. The molecule has 1 fully saturated rings. The van der Waals surface area contributed by atoms with Crippen molar-refractivity contribution in [3.63, 3.8) is 0 Å². The summed E-state index contributed by atoms with van der Waals surface area (Å²) >= 11 is 0. The molecule has 0 bridgehead atoms. The highest BCUT2D eigenvalue weighted by Crippen LogP contribution is 2.21. The first-order chi connectivity index (χ1) is 8.22. The maximum Gasteiger partial charge on any atom is 0.0583 e. The van der Waals surface area contributed by atoms with Gasteiger partial charge in [-0.25, -0.2) is 0 Å². The van der Waals surface area contributed by atoms with Crippen LogP contribution in [0.5, 0.6) is 0 Å². The molecule has 3 nitrogen and oxygen atoms in total. The molecule has 2 rings (SSSR count). The molecule has 17 heavy (non-hydrogen) atoms. The second-order valence-corrected chi connectivity index (χ2v) is 5.05. The largest absolute Gasteiger partial charge is 0.367 e. The Morgan fingerprint density at radius 2 is 2.41 bits per heavy atom. The highest BCUT2D eigenvalue weighted by Gasteiger charge is 2.23. The number of piperazine rings is 1. The fourth-order valence-electron chi connectivity index (χ4n) is 2.45. The summed E-state index contributed by atoms with van der Waals surface area (Å²) in [6.07, 6.45) is 5.10. The van der Waals surface area contributed by atoms with E-state index in [1.807, 2.05) is 12.4 Å². The number of nitrogens with zero attached hydrogens (tertiary/aromatic N) is 2. The maximum absolute atomic E-state index is 4.25. The van der Waals surface area contributed by atoms with Crippen LogP contribution in [0.4, 0.5) is 5.69 Å². The van der Waals surface area contributed by atoms with Crippen LogP contribution >= 0.6 is 0 Å². The number of hydrogen-bond donors (Lipinski definition) is 1. The SMILES string of the molecule is CCC(C)C1CN(c2cnccc2C)CCN1. The van der Waals surface area contributed by atoms with E-state index in [4.69, 9.17) is 0 Å². The molecule has 2 heterocycles. The molecule has 1 aromatic heterocycles. The number of anilines is 1. The zero-order valence-electron chi connectivity index (χ0n) is 11.1. The van der Waals surface area contributed by atoms with Crippen LogP contribution in [0.3, 0.4) is 0 Å². The van der Waals surface area contributed by atoms with Crippen molar-refractivity contribution in [3.05, 3.63) is 24.0 Å². The summed E-state index contributed by atoms with van der Waals surface area (Å²) in [5.41, 5.74) is 2.62. The molecule has 2 unspecified atom stereocenters. The highest BCUT2D eigenvalue weighted by atomic mass is 15.2. The Balaban J connectivity index is 2.10. The van der Waals surface area contributed by atoms with Crippen LogP contribution in [0, 0.1) is 12.8 Å². The molecule has 3 heteroatoms. The van der Waals surface area contributed by atoms with Crippen molar-refractivity contribution in [2.75, 3.05) is 24.5 Å². The minimum atomic E-state index is 0.605. The molecule has 0 amide bonds. The predicted molar refractivity (Wildman–Crippen MR) is 72.4 cm³/mol. The van der Waals surface area contributed by atoms with Gasteiger partial charge in [0, 0.05) is 31.9 Å². The lowest BCUT2D eigenvalue weighted by Gasteiger charge is -2.38. The van der Waals surface area contributed by atoms with Gasteiger partial charge in [0.15, 0.2) is 0 Å². The lowest BCUT2D eigenvalue weighted by Crippen LogP contribution is -2.53. The molecule has 0 aliphatic carbocycles. The van der Waals surface area contributed by atoms with Crippen molar-refractivity contribution in [1.82, 2.24) is 10.3 Å². The Bertz CT molecular complexity index is 364. The summed E-state index contributed by atoms with van der Waals surface area (Å²) in [6.45, 7) is 10.0. The molecule has 1 aliphatic heterocycles. The monoisotopic (exact) mass is 233 g/mol. The van der Waals surface area contributed by atoms with Crippen LogP contribution in [-0.4, -0.2) is 30.7 Å². The average molecular weight is 233 g/mol. The fraction of sp³-hybridized carbons (Fsp3) is 0.643. The van der Waals surface area contributed by atoms with Gasteiger partial charge in [0.25, 0.3) is 0 Å². The van der Waals surface area contributed by atoms with Gasteiger partial charge >= 0.3 is 0 Å². The Labute approximate surface area is 104 Å². The number of pyridine rings is 1. The van der Waals surface area contributed by atoms with E-state index in [9.17, 15) is 0 Å². The van der Waals surface area contributed by atoms with Gasteiger partial charge in [0.1, 0.15) is 0 Å². The van der Waals surface area contributed by atoms with Gasteiger partial charge in [-0.1, -0.05) is 20.3 Å². The normalized spacial score (nSPS) is 22.5. The van der Waals surface area contributed by atoms with Crippen LogP contribution in [0.2, 0.25) is 0 Å². The van der Waals surface area contributed by atoms with Crippen LogP contribution in [0.15, 0.2) is 18.5 Å². The highest BCUT2D eigenvalue weighted by molar-refractivity contribution is 5.51. The van der Waals surface area contributed by atoms with Gasteiger partial charge in [-0.15, -0.1) is 0 Å². The van der Waals surface area contributed by atoms with E-state index < -0.39 is 0 Å². The lowest BCUT2D eigenvalue weighted by atomic mass is 9.97. The minimum absolute atomic E-state index is 0.605. The van der Waals surface area contributed by atoms with Crippen molar-refractivity contribution < 1.29 is 0 Å². The van der Waals surface area contributed by atoms with E-state index in [0.29, 0.717) is 6.04 Å². The van der Waals surface area contributed by atoms with Crippen LogP contribution in [0.1, 0.15) is 25.8 Å². The van der Waals surface area contributed by atoms with E-state index in [1.54, 1.807) is 0 Å². The predicted octanol–water partition coefficient (Wildman–Crippen LogP) is 2.21. The molecular weight excluding hydrogens is 210 g/mol. The van der Waals surface area contributed by atoms with Gasteiger partial charge in [0.05, 0.1) is 11.9 Å². The summed E-state index contributed by atoms with van der Waals surface area (Å²) in [7, 11) is 0. The summed E-state index contributed by atoms with van der Waals surface area (Å²) in [5, 5.41) is 3.63. The summed E-state index contributed by atoms with van der Waals surface area (Å²) in [6, 6.07) is 2.70. The summed E-state index contributed by atoms with van der Waals surface area (Å²) in [4.78, 5) is 6.72.